The summed E-state index contributed by atoms with van der Waals surface area (Å²) in [5, 5.41) is 8.69. The summed E-state index contributed by atoms with van der Waals surface area (Å²) in [6.45, 7) is 2.19. The fraction of sp³-hybridized carbons (Fsp3) is 0.238. The number of carbonyl (C=O) groups excluding carboxylic acids is 1. The largest absolute Gasteiger partial charge is 0.486 e. The predicted molar refractivity (Wildman–Crippen MR) is 124 cm³/mol. The lowest BCUT2D eigenvalue weighted by molar-refractivity contribution is -0.115. The van der Waals surface area contributed by atoms with E-state index in [1.165, 1.54) is 6.07 Å². The molecule has 6 nitrogen and oxygen atoms in total. The van der Waals surface area contributed by atoms with E-state index in [4.69, 9.17) is 11.2 Å². The Morgan fingerprint density at radius 2 is 2.00 bits per heavy atom. The first-order chi connectivity index (χ1) is 13.5. The fourth-order valence-electron chi connectivity index (χ4n) is 2.32. The summed E-state index contributed by atoms with van der Waals surface area (Å²) >= 11 is 0. The van der Waals surface area contributed by atoms with Gasteiger partial charge in [0.25, 0.3) is 0 Å². The average molecular weight is 510 g/mol. The van der Waals surface area contributed by atoms with Crippen molar-refractivity contribution in [2.75, 3.05) is 25.5 Å². The minimum atomic E-state index is -0.414. The highest BCUT2D eigenvalue weighted by atomic mass is 127. The molecule has 154 valence electrons. The van der Waals surface area contributed by atoms with E-state index in [1.807, 2.05) is 0 Å². The van der Waals surface area contributed by atoms with Crippen LogP contribution in [-0.4, -0.2) is 38.1 Å². The highest BCUT2D eigenvalue weighted by Gasteiger charge is 2.10. The number of para-hydroxylation sites is 1. The Balaban J connectivity index is 0.00000420. The van der Waals surface area contributed by atoms with E-state index in [2.05, 4.69) is 26.9 Å². The first kappa shape index (κ1) is 24.2. The highest BCUT2D eigenvalue weighted by Crippen LogP contribution is 2.16. The van der Waals surface area contributed by atoms with Crippen LogP contribution in [0.25, 0.3) is 0 Å². The first-order valence-corrected chi connectivity index (χ1v) is 8.74. The highest BCUT2D eigenvalue weighted by molar-refractivity contribution is 14.0. The Hall–Kier alpha value is -2.80. The van der Waals surface area contributed by atoms with Gasteiger partial charge in [0.05, 0.1) is 13.1 Å². The van der Waals surface area contributed by atoms with Gasteiger partial charge in [-0.25, -0.2) is 4.39 Å². The molecule has 0 heterocycles. The molecule has 0 aliphatic rings. The number of rotatable bonds is 7. The zero-order valence-corrected chi connectivity index (χ0v) is 18.6. The second-order valence-corrected chi connectivity index (χ2v) is 5.94. The Kier molecular flexibility index (Phi) is 10.5. The van der Waals surface area contributed by atoms with E-state index in [-0.39, 0.29) is 48.3 Å². The Labute approximate surface area is 187 Å². The van der Waals surface area contributed by atoms with Gasteiger partial charge in [0.1, 0.15) is 6.10 Å². The van der Waals surface area contributed by atoms with Crippen molar-refractivity contribution in [3.8, 4) is 18.1 Å². The molecule has 1 atom stereocenters. The quantitative estimate of drug-likeness (QED) is 0.232. The molecule has 0 aliphatic carbocycles. The van der Waals surface area contributed by atoms with E-state index < -0.39 is 5.82 Å². The van der Waals surface area contributed by atoms with Crippen molar-refractivity contribution in [1.82, 2.24) is 10.6 Å². The van der Waals surface area contributed by atoms with Crippen molar-refractivity contribution in [3.63, 3.8) is 0 Å². The van der Waals surface area contributed by atoms with Gasteiger partial charge in [0, 0.05) is 18.3 Å². The third-order valence-electron chi connectivity index (χ3n) is 3.67. The minimum Gasteiger partial charge on any atom is -0.486 e. The third kappa shape index (κ3) is 8.39. The monoisotopic (exact) mass is 510 g/mol. The van der Waals surface area contributed by atoms with Gasteiger partial charge in [-0.1, -0.05) is 24.1 Å². The van der Waals surface area contributed by atoms with Gasteiger partial charge in [0.15, 0.2) is 17.5 Å². The smallest absolute Gasteiger partial charge is 0.243 e. The number of ether oxygens (including phenoxy) is 1. The molecule has 0 radical (unpaired) electrons. The maximum absolute atomic E-state index is 13.6. The van der Waals surface area contributed by atoms with Crippen LogP contribution in [0.4, 0.5) is 10.1 Å². The van der Waals surface area contributed by atoms with Crippen molar-refractivity contribution in [2.24, 2.45) is 4.99 Å². The molecule has 2 rings (SSSR count). The standard InChI is InChI=1S/C21H23FN4O2.HI/c1-4-16-8-7-9-17(12-16)26-20(27)14-25-21(23-3)24-13-15(2)28-19-11-6-5-10-18(19)22;/h1,5-12,15H,13-14H2,2-3H3,(H,26,27)(H2,23,24,25);1H. The molecule has 0 saturated heterocycles. The van der Waals surface area contributed by atoms with Crippen LogP contribution in [0.1, 0.15) is 12.5 Å². The molecule has 2 aromatic rings. The molecule has 29 heavy (non-hydrogen) atoms. The molecular formula is C21H24FIN4O2. The molecule has 0 bridgehead atoms. The fourth-order valence-corrected chi connectivity index (χ4v) is 2.32. The van der Waals surface area contributed by atoms with Gasteiger partial charge in [-0.2, -0.15) is 0 Å². The van der Waals surface area contributed by atoms with Gasteiger partial charge < -0.3 is 20.7 Å². The number of nitrogens with zero attached hydrogens (tertiary/aromatic N) is 1. The van der Waals surface area contributed by atoms with Crippen LogP contribution in [0.2, 0.25) is 0 Å². The number of amides is 1. The number of hydrogen-bond donors (Lipinski definition) is 3. The second-order valence-electron chi connectivity index (χ2n) is 5.94. The van der Waals surface area contributed by atoms with Crippen molar-refractivity contribution in [2.45, 2.75) is 13.0 Å². The number of hydrogen-bond acceptors (Lipinski definition) is 3. The molecule has 0 aliphatic heterocycles. The second kappa shape index (κ2) is 12.6. The maximum atomic E-state index is 13.6. The summed E-state index contributed by atoms with van der Waals surface area (Å²) in [4.78, 5) is 16.1. The van der Waals surface area contributed by atoms with Crippen molar-refractivity contribution in [1.29, 1.82) is 0 Å². The van der Waals surface area contributed by atoms with E-state index in [0.29, 0.717) is 23.8 Å². The number of halogens is 2. The van der Waals surface area contributed by atoms with Gasteiger partial charge in [-0.3, -0.25) is 9.79 Å². The summed E-state index contributed by atoms with van der Waals surface area (Å²) in [6, 6.07) is 13.2. The van der Waals surface area contributed by atoms with Crippen LogP contribution < -0.4 is 20.7 Å². The summed E-state index contributed by atoms with van der Waals surface area (Å²) in [5.74, 6) is 2.48. The van der Waals surface area contributed by atoms with Gasteiger partial charge in [-0.15, -0.1) is 30.4 Å². The molecule has 0 aromatic heterocycles. The number of terminal acetylenes is 1. The van der Waals surface area contributed by atoms with E-state index in [9.17, 15) is 9.18 Å². The zero-order valence-electron chi connectivity index (χ0n) is 16.2. The van der Waals surface area contributed by atoms with Crippen LogP contribution in [-0.2, 0) is 4.79 Å². The molecule has 0 saturated carbocycles. The summed E-state index contributed by atoms with van der Waals surface area (Å²) in [6.07, 6.45) is 5.04. The number of carbonyl (C=O) groups is 1. The van der Waals surface area contributed by atoms with Gasteiger partial charge in [0.2, 0.25) is 5.91 Å². The molecule has 2 aromatic carbocycles. The lowest BCUT2D eigenvalue weighted by Gasteiger charge is -2.18. The van der Waals surface area contributed by atoms with Crippen LogP contribution >= 0.6 is 24.0 Å². The van der Waals surface area contributed by atoms with E-state index in [0.717, 1.165) is 0 Å². The van der Waals surface area contributed by atoms with E-state index >= 15 is 0 Å². The molecule has 0 fully saturated rings. The molecular weight excluding hydrogens is 486 g/mol. The van der Waals surface area contributed by atoms with Crippen LogP contribution in [0.3, 0.4) is 0 Å². The zero-order chi connectivity index (χ0) is 20.4. The minimum absolute atomic E-state index is 0. The number of nitrogens with one attached hydrogen (secondary N) is 3. The van der Waals surface area contributed by atoms with Crippen molar-refractivity contribution >= 4 is 41.5 Å². The number of aliphatic imine (C=N–C) groups is 1. The number of guanidine groups is 1. The Bertz CT molecular complexity index is 883. The predicted octanol–water partition coefficient (Wildman–Crippen LogP) is 3.00. The lowest BCUT2D eigenvalue weighted by atomic mass is 10.2. The van der Waals surface area contributed by atoms with Crippen LogP contribution in [0.5, 0.6) is 5.75 Å². The lowest BCUT2D eigenvalue weighted by Crippen LogP contribution is -2.44. The SMILES string of the molecule is C#Cc1cccc(NC(=O)CNC(=NC)NCC(C)Oc2ccccc2F)c1.I. The van der Waals surface area contributed by atoms with Crippen molar-refractivity contribution in [3.05, 3.63) is 59.9 Å². The van der Waals surface area contributed by atoms with Gasteiger partial charge >= 0.3 is 0 Å². The average Bonchev–Trinajstić information content (AvgIpc) is 2.70. The Morgan fingerprint density at radius 3 is 2.69 bits per heavy atom. The van der Waals surface area contributed by atoms with Gasteiger partial charge in [-0.05, 0) is 37.3 Å². The topological polar surface area (TPSA) is 74.8 Å². The number of anilines is 1. The number of benzene rings is 2. The van der Waals surface area contributed by atoms with E-state index in [1.54, 1.807) is 56.4 Å². The van der Waals surface area contributed by atoms with Crippen LogP contribution in [0.15, 0.2) is 53.5 Å². The Morgan fingerprint density at radius 1 is 1.24 bits per heavy atom. The molecule has 3 N–H and O–H groups in total. The maximum Gasteiger partial charge on any atom is 0.243 e. The molecule has 0 spiro atoms. The summed E-state index contributed by atoms with van der Waals surface area (Å²) < 4.78 is 19.2. The molecule has 8 heteroatoms. The first-order valence-electron chi connectivity index (χ1n) is 8.74. The summed E-state index contributed by atoms with van der Waals surface area (Å²) in [5.41, 5.74) is 1.31. The third-order valence-corrected chi connectivity index (χ3v) is 3.67. The molecule has 1 amide bonds. The molecule has 1 unspecified atom stereocenters. The normalized spacial score (nSPS) is 11.4. The van der Waals surface area contributed by atoms with Crippen LogP contribution in [0, 0.1) is 18.2 Å². The summed E-state index contributed by atoms with van der Waals surface area (Å²) in [7, 11) is 1.59. The van der Waals surface area contributed by atoms with Crippen molar-refractivity contribution < 1.29 is 13.9 Å².